The summed E-state index contributed by atoms with van der Waals surface area (Å²) >= 11 is 0. The van der Waals surface area contributed by atoms with Crippen molar-refractivity contribution in [2.75, 3.05) is 20.6 Å². The van der Waals surface area contributed by atoms with Crippen LogP contribution in [0.4, 0.5) is 0 Å². The number of hydrogen-bond donors (Lipinski definition) is 1. The topological polar surface area (TPSA) is 29.3 Å². The van der Waals surface area contributed by atoms with Gasteiger partial charge in [-0.15, -0.1) is 0 Å². The number of hydrogen-bond acceptors (Lipinski definition) is 2. The van der Waals surface area contributed by atoms with Crippen molar-refractivity contribution < 1.29 is 0 Å². The van der Waals surface area contributed by atoms with E-state index in [0.717, 1.165) is 5.70 Å². The zero-order valence-corrected chi connectivity index (χ0v) is 4.94. The number of nitrogens with two attached hydrogens (primary N) is 1. The summed E-state index contributed by atoms with van der Waals surface area (Å²) in [4.78, 5) is 1.90. The molecule has 7 heavy (non-hydrogen) atoms. The van der Waals surface area contributed by atoms with Gasteiger partial charge in [-0.1, -0.05) is 6.58 Å². The molecule has 42 valence electrons. The van der Waals surface area contributed by atoms with Gasteiger partial charge in [0.15, 0.2) is 0 Å². The highest BCUT2D eigenvalue weighted by molar-refractivity contribution is 4.91. The maximum atomic E-state index is 5.23. The maximum Gasteiger partial charge on any atom is 0.0324 e. The van der Waals surface area contributed by atoms with Crippen LogP contribution in [0.5, 0.6) is 0 Å². The van der Waals surface area contributed by atoms with Gasteiger partial charge in [0, 0.05) is 26.3 Å². The summed E-state index contributed by atoms with van der Waals surface area (Å²) in [6.07, 6.45) is 0. The van der Waals surface area contributed by atoms with E-state index >= 15 is 0 Å². The third-order valence-corrected chi connectivity index (χ3v) is 0.868. The normalized spacial score (nSPS) is 8.43. The zero-order chi connectivity index (χ0) is 5.86. The molecule has 0 aromatic rings. The van der Waals surface area contributed by atoms with Crippen LogP contribution in [0.3, 0.4) is 0 Å². The predicted octanol–water partition coefficient (Wildman–Crippen LogP) is 0.0204. The second-order valence-electron chi connectivity index (χ2n) is 1.66. The van der Waals surface area contributed by atoms with Crippen LogP contribution in [-0.4, -0.2) is 25.5 Å². The number of rotatable bonds is 2. The lowest BCUT2D eigenvalue weighted by atomic mass is 10.5. The average Bonchev–Trinajstić information content (AvgIpc) is 1.65. The summed E-state index contributed by atoms with van der Waals surface area (Å²) in [5, 5.41) is 0. The summed E-state index contributed by atoms with van der Waals surface area (Å²) in [6, 6.07) is 0. The van der Waals surface area contributed by atoms with Crippen LogP contribution in [-0.2, 0) is 0 Å². The molecule has 2 N–H and O–H groups in total. The average molecular weight is 100 g/mol. The summed E-state index contributed by atoms with van der Waals surface area (Å²) < 4.78 is 0. The van der Waals surface area contributed by atoms with Crippen LogP contribution in [0.1, 0.15) is 0 Å². The SMILES string of the molecule is C=C(CN)N(C)C. The van der Waals surface area contributed by atoms with Crippen molar-refractivity contribution in [1.82, 2.24) is 4.90 Å². The third-order valence-electron chi connectivity index (χ3n) is 0.868. The lowest BCUT2D eigenvalue weighted by Crippen LogP contribution is -2.17. The quantitative estimate of drug-likeness (QED) is 0.530. The van der Waals surface area contributed by atoms with Gasteiger partial charge in [0.1, 0.15) is 0 Å². The van der Waals surface area contributed by atoms with Gasteiger partial charge in [0.05, 0.1) is 0 Å². The minimum atomic E-state index is 0.549. The Morgan fingerprint density at radius 2 is 2.14 bits per heavy atom. The minimum Gasteiger partial charge on any atom is -0.380 e. The Hall–Kier alpha value is -0.500. The van der Waals surface area contributed by atoms with E-state index in [1.165, 1.54) is 0 Å². The van der Waals surface area contributed by atoms with Crippen molar-refractivity contribution >= 4 is 0 Å². The molecule has 0 aliphatic heterocycles. The fourth-order valence-electron chi connectivity index (χ4n) is 0.183. The predicted molar refractivity (Wildman–Crippen MR) is 31.9 cm³/mol. The second kappa shape index (κ2) is 2.64. The Labute approximate surface area is 44.6 Å². The molecule has 0 fully saturated rings. The van der Waals surface area contributed by atoms with E-state index in [9.17, 15) is 0 Å². The molecule has 0 saturated carbocycles. The van der Waals surface area contributed by atoms with Crippen LogP contribution in [0.2, 0.25) is 0 Å². The standard InChI is InChI=1S/C5H12N2/c1-5(4-6)7(2)3/h1,4,6H2,2-3H3. The first kappa shape index (κ1) is 6.50. The lowest BCUT2D eigenvalue weighted by Gasteiger charge is -2.11. The third kappa shape index (κ3) is 2.23. The van der Waals surface area contributed by atoms with Gasteiger partial charge in [-0.2, -0.15) is 0 Å². The van der Waals surface area contributed by atoms with Gasteiger partial charge in [0.25, 0.3) is 0 Å². The number of likely N-dealkylation sites (N-methyl/N-ethyl adjacent to an activating group) is 1. The lowest BCUT2D eigenvalue weighted by molar-refractivity contribution is 0.505. The van der Waals surface area contributed by atoms with Crippen LogP contribution >= 0.6 is 0 Å². The molecule has 0 aliphatic rings. The van der Waals surface area contributed by atoms with E-state index in [1.807, 2.05) is 19.0 Å². The van der Waals surface area contributed by atoms with E-state index < -0.39 is 0 Å². The van der Waals surface area contributed by atoms with Gasteiger partial charge in [-0.25, -0.2) is 0 Å². The zero-order valence-electron chi connectivity index (χ0n) is 4.94. The van der Waals surface area contributed by atoms with Crippen molar-refractivity contribution in [2.24, 2.45) is 5.73 Å². The fraction of sp³-hybridized carbons (Fsp3) is 0.600. The monoisotopic (exact) mass is 100 g/mol. The molecule has 0 spiro atoms. The molecular weight excluding hydrogens is 88.1 g/mol. The summed E-state index contributed by atoms with van der Waals surface area (Å²) in [6.45, 7) is 4.22. The molecule has 0 amide bonds. The Morgan fingerprint density at radius 1 is 1.71 bits per heavy atom. The van der Waals surface area contributed by atoms with Crippen molar-refractivity contribution in [3.8, 4) is 0 Å². The first-order valence-corrected chi connectivity index (χ1v) is 2.23. The van der Waals surface area contributed by atoms with Gasteiger partial charge >= 0.3 is 0 Å². The van der Waals surface area contributed by atoms with E-state index in [1.54, 1.807) is 0 Å². The number of nitrogens with zero attached hydrogens (tertiary/aromatic N) is 1. The molecule has 0 unspecified atom stereocenters. The summed E-state index contributed by atoms with van der Waals surface area (Å²) in [7, 11) is 3.85. The molecule has 0 heterocycles. The molecule has 2 nitrogen and oxygen atoms in total. The van der Waals surface area contributed by atoms with Crippen molar-refractivity contribution in [3.05, 3.63) is 12.3 Å². The largest absolute Gasteiger partial charge is 0.380 e. The highest BCUT2D eigenvalue weighted by atomic mass is 15.1. The Morgan fingerprint density at radius 3 is 2.14 bits per heavy atom. The van der Waals surface area contributed by atoms with Gasteiger partial charge in [-0.3, -0.25) is 0 Å². The van der Waals surface area contributed by atoms with E-state index in [-0.39, 0.29) is 0 Å². The summed E-state index contributed by atoms with van der Waals surface area (Å²) in [5.74, 6) is 0. The van der Waals surface area contributed by atoms with Crippen LogP contribution in [0.25, 0.3) is 0 Å². The molecule has 0 atom stereocenters. The van der Waals surface area contributed by atoms with Crippen molar-refractivity contribution in [2.45, 2.75) is 0 Å². The molecular formula is C5H12N2. The molecule has 0 rings (SSSR count). The maximum absolute atomic E-state index is 5.23. The van der Waals surface area contributed by atoms with E-state index in [2.05, 4.69) is 6.58 Å². The Bertz CT molecular complexity index is 66.5. The molecule has 0 aromatic heterocycles. The highest BCUT2D eigenvalue weighted by Crippen LogP contribution is 1.86. The van der Waals surface area contributed by atoms with Gasteiger partial charge in [0.2, 0.25) is 0 Å². The summed E-state index contributed by atoms with van der Waals surface area (Å²) in [5.41, 5.74) is 6.19. The van der Waals surface area contributed by atoms with E-state index in [4.69, 9.17) is 5.73 Å². The van der Waals surface area contributed by atoms with Crippen molar-refractivity contribution in [3.63, 3.8) is 0 Å². The van der Waals surface area contributed by atoms with E-state index in [0.29, 0.717) is 6.54 Å². The molecule has 0 aromatic carbocycles. The van der Waals surface area contributed by atoms with Gasteiger partial charge < -0.3 is 10.6 Å². The first-order chi connectivity index (χ1) is 3.18. The van der Waals surface area contributed by atoms with Crippen LogP contribution in [0, 0.1) is 0 Å². The molecule has 0 aliphatic carbocycles. The molecule has 0 radical (unpaired) electrons. The van der Waals surface area contributed by atoms with Crippen LogP contribution < -0.4 is 5.73 Å². The molecule has 2 heteroatoms. The Kier molecular flexibility index (Phi) is 2.45. The van der Waals surface area contributed by atoms with Gasteiger partial charge in [-0.05, 0) is 0 Å². The molecule has 0 bridgehead atoms. The molecule has 0 saturated heterocycles. The Balaban J connectivity index is 3.35. The smallest absolute Gasteiger partial charge is 0.0324 e. The second-order valence-corrected chi connectivity index (χ2v) is 1.66. The first-order valence-electron chi connectivity index (χ1n) is 2.23. The fourth-order valence-corrected chi connectivity index (χ4v) is 0.183. The highest BCUT2D eigenvalue weighted by Gasteiger charge is 1.87. The van der Waals surface area contributed by atoms with Crippen LogP contribution in [0.15, 0.2) is 12.3 Å². The van der Waals surface area contributed by atoms with Crippen molar-refractivity contribution in [1.29, 1.82) is 0 Å². The minimum absolute atomic E-state index is 0.549.